The summed E-state index contributed by atoms with van der Waals surface area (Å²) in [6.45, 7) is 0.438. The van der Waals surface area contributed by atoms with Crippen molar-refractivity contribution in [2.45, 2.75) is 6.54 Å². The number of hydrazine groups is 1. The molecule has 2 rings (SSSR count). The molecular weight excluding hydrogens is 230 g/mol. The molecular formula is C12H13N5O. The first-order valence-electron chi connectivity index (χ1n) is 5.39. The highest BCUT2D eigenvalue weighted by atomic mass is 16.1. The van der Waals surface area contributed by atoms with E-state index in [4.69, 9.17) is 5.84 Å². The highest BCUT2D eigenvalue weighted by molar-refractivity contribution is 5.99. The van der Waals surface area contributed by atoms with Crippen LogP contribution in [-0.2, 0) is 6.54 Å². The van der Waals surface area contributed by atoms with E-state index < -0.39 is 0 Å². The zero-order chi connectivity index (χ0) is 12.8. The van der Waals surface area contributed by atoms with E-state index >= 15 is 0 Å². The first-order valence-corrected chi connectivity index (χ1v) is 5.39. The summed E-state index contributed by atoms with van der Waals surface area (Å²) in [5, 5.41) is 2.80. The van der Waals surface area contributed by atoms with Gasteiger partial charge in [0.05, 0.1) is 17.4 Å². The quantitative estimate of drug-likeness (QED) is 0.542. The van der Waals surface area contributed by atoms with Crippen LogP contribution in [0, 0.1) is 0 Å². The Labute approximate surface area is 104 Å². The minimum atomic E-state index is -0.206. The molecule has 92 valence electrons. The highest BCUT2D eigenvalue weighted by Gasteiger charge is 2.09. The van der Waals surface area contributed by atoms with Crippen molar-refractivity contribution in [3.8, 4) is 0 Å². The SMILES string of the molecule is NNc1cnccc1C(=O)NCc1ccncc1. The van der Waals surface area contributed by atoms with E-state index in [1.54, 1.807) is 24.7 Å². The molecule has 0 aliphatic rings. The predicted molar refractivity (Wildman–Crippen MR) is 67.5 cm³/mol. The van der Waals surface area contributed by atoms with E-state index in [-0.39, 0.29) is 5.91 Å². The largest absolute Gasteiger partial charge is 0.348 e. The fraction of sp³-hybridized carbons (Fsp3) is 0.0833. The maximum absolute atomic E-state index is 11.9. The predicted octanol–water partition coefficient (Wildman–Crippen LogP) is 0.692. The van der Waals surface area contributed by atoms with E-state index in [0.29, 0.717) is 17.8 Å². The smallest absolute Gasteiger partial charge is 0.253 e. The molecule has 2 heterocycles. The maximum Gasteiger partial charge on any atom is 0.253 e. The van der Waals surface area contributed by atoms with Crippen molar-refractivity contribution in [3.63, 3.8) is 0 Å². The fourth-order valence-electron chi connectivity index (χ4n) is 1.49. The molecule has 4 N–H and O–H groups in total. The van der Waals surface area contributed by atoms with Gasteiger partial charge in [0, 0.05) is 25.1 Å². The van der Waals surface area contributed by atoms with E-state index in [0.717, 1.165) is 5.56 Å². The number of nitrogens with one attached hydrogen (secondary N) is 2. The number of pyridine rings is 2. The lowest BCUT2D eigenvalue weighted by molar-refractivity contribution is 0.0951. The molecule has 1 amide bonds. The molecule has 0 spiro atoms. The summed E-state index contributed by atoms with van der Waals surface area (Å²) >= 11 is 0. The third-order valence-corrected chi connectivity index (χ3v) is 2.42. The van der Waals surface area contributed by atoms with Crippen molar-refractivity contribution < 1.29 is 4.79 Å². The minimum Gasteiger partial charge on any atom is -0.348 e. The van der Waals surface area contributed by atoms with Gasteiger partial charge in [0.1, 0.15) is 0 Å². The molecule has 0 atom stereocenters. The van der Waals surface area contributed by atoms with Crippen LogP contribution < -0.4 is 16.6 Å². The molecule has 0 saturated carbocycles. The summed E-state index contributed by atoms with van der Waals surface area (Å²) in [5.74, 6) is 5.11. The van der Waals surface area contributed by atoms with Crippen LogP contribution in [0.1, 0.15) is 15.9 Å². The van der Waals surface area contributed by atoms with Crippen LogP contribution in [0.2, 0.25) is 0 Å². The monoisotopic (exact) mass is 243 g/mol. The maximum atomic E-state index is 11.9. The van der Waals surface area contributed by atoms with Gasteiger partial charge in [-0.15, -0.1) is 0 Å². The Balaban J connectivity index is 2.04. The van der Waals surface area contributed by atoms with Gasteiger partial charge in [-0.1, -0.05) is 0 Å². The number of nitrogens with zero attached hydrogens (tertiary/aromatic N) is 2. The number of nitrogen functional groups attached to an aromatic ring is 1. The first kappa shape index (κ1) is 12.0. The Bertz CT molecular complexity index is 529. The van der Waals surface area contributed by atoms with Gasteiger partial charge in [-0.05, 0) is 23.8 Å². The lowest BCUT2D eigenvalue weighted by Gasteiger charge is -2.08. The van der Waals surface area contributed by atoms with Crippen molar-refractivity contribution in [2.24, 2.45) is 5.84 Å². The number of hydrogen-bond donors (Lipinski definition) is 3. The molecule has 0 aliphatic heterocycles. The second-order valence-corrected chi connectivity index (χ2v) is 3.60. The Kier molecular flexibility index (Phi) is 3.83. The van der Waals surface area contributed by atoms with Gasteiger partial charge < -0.3 is 10.7 Å². The molecule has 0 fully saturated rings. The molecule has 6 heteroatoms. The Morgan fingerprint density at radius 3 is 2.61 bits per heavy atom. The summed E-state index contributed by atoms with van der Waals surface area (Å²) in [6, 6.07) is 5.29. The number of rotatable bonds is 4. The first-order chi connectivity index (χ1) is 8.81. The molecule has 2 aromatic rings. The van der Waals surface area contributed by atoms with Crippen molar-refractivity contribution >= 4 is 11.6 Å². The van der Waals surface area contributed by atoms with Gasteiger partial charge >= 0.3 is 0 Å². The Hall–Kier alpha value is -2.47. The molecule has 6 nitrogen and oxygen atoms in total. The second kappa shape index (κ2) is 5.74. The Morgan fingerprint density at radius 2 is 1.89 bits per heavy atom. The average molecular weight is 243 g/mol. The van der Waals surface area contributed by atoms with Crippen molar-refractivity contribution in [1.82, 2.24) is 15.3 Å². The van der Waals surface area contributed by atoms with Crippen LogP contribution in [0.15, 0.2) is 43.0 Å². The Morgan fingerprint density at radius 1 is 1.17 bits per heavy atom. The summed E-state index contributed by atoms with van der Waals surface area (Å²) in [4.78, 5) is 19.7. The van der Waals surface area contributed by atoms with Gasteiger partial charge in [0.25, 0.3) is 5.91 Å². The molecule has 0 unspecified atom stereocenters. The van der Waals surface area contributed by atoms with Crippen LogP contribution >= 0.6 is 0 Å². The highest BCUT2D eigenvalue weighted by Crippen LogP contribution is 2.11. The van der Waals surface area contributed by atoms with Crippen LogP contribution in [-0.4, -0.2) is 15.9 Å². The van der Waals surface area contributed by atoms with Crippen molar-refractivity contribution in [3.05, 3.63) is 54.1 Å². The van der Waals surface area contributed by atoms with Gasteiger partial charge in [-0.25, -0.2) is 0 Å². The summed E-state index contributed by atoms with van der Waals surface area (Å²) < 4.78 is 0. The molecule has 2 aromatic heterocycles. The second-order valence-electron chi connectivity index (χ2n) is 3.60. The van der Waals surface area contributed by atoms with Crippen LogP contribution in [0.5, 0.6) is 0 Å². The molecule has 0 saturated heterocycles. The van der Waals surface area contributed by atoms with Crippen LogP contribution in [0.25, 0.3) is 0 Å². The minimum absolute atomic E-state index is 0.206. The van der Waals surface area contributed by atoms with E-state index in [1.807, 2.05) is 12.1 Å². The van der Waals surface area contributed by atoms with Gasteiger partial charge in [-0.2, -0.15) is 0 Å². The number of carbonyl (C=O) groups excluding carboxylic acids is 1. The third-order valence-electron chi connectivity index (χ3n) is 2.42. The normalized spacial score (nSPS) is 9.83. The average Bonchev–Trinajstić information content (AvgIpc) is 2.45. The van der Waals surface area contributed by atoms with Gasteiger partial charge in [0.2, 0.25) is 0 Å². The summed E-state index contributed by atoms with van der Waals surface area (Å²) in [7, 11) is 0. The van der Waals surface area contributed by atoms with Gasteiger partial charge in [-0.3, -0.25) is 20.6 Å². The zero-order valence-electron chi connectivity index (χ0n) is 9.63. The van der Waals surface area contributed by atoms with E-state index in [1.165, 1.54) is 6.20 Å². The van der Waals surface area contributed by atoms with E-state index in [9.17, 15) is 4.79 Å². The zero-order valence-corrected chi connectivity index (χ0v) is 9.63. The third kappa shape index (κ3) is 2.80. The van der Waals surface area contributed by atoms with Gasteiger partial charge in [0.15, 0.2) is 0 Å². The topological polar surface area (TPSA) is 92.9 Å². The lowest BCUT2D eigenvalue weighted by atomic mass is 10.2. The molecule has 0 radical (unpaired) electrons. The molecule has 0 aromatic carbocycles. The molecule has 0 bridgehead atoms. The van der Waals surface area contributed by atoms with Crippen LogP contribution in [0.4, 0.5) is 5.69 Å². The van der Waals surface area contributed by atoms with Crippen LogP contribution in [0.3, 0.4) is 0 Å². The number of carbonyl (C=O) groups is 1. The van der Waals surface area contributed by atoms with Crippen molar-refractivity contribution in [2.75, 3.05) is 5.43 Å². The summed E-state index contributed by atoms with van der Waals surface area (Å²) in [6.07, 6.45) is 6.41. The number of aromatic nitrogens is 2. The number of nitrogens with two attached hydrogens (primary N) is 1. The number of amides is 1. The molecule has 18 heavy (non-hydrogen) atoms. The summed E-state index contributed by atoms with van der Waals surface area (Å²) in [5.41, 5.74) is 4.37. The molecule has 0 aliphatic carbocycles. The fourth-order valence-corrected chi connectivity index (χ4v) is 1.49. The number of anilines is 1. The standard InChI is InChI=1S/C12H13N5O/c13-17-11-8-15-6-3-10(11)12(18)16-7-9-1-4-14-5-2-9/h1-6,8,17H,7,13H2,(H,16,18). The number of hydrogen-bond acceptors (Lipinski definition) is 5. The van der Waals surface area contributed by atoms with E-state index in [2.05, 4.69) is 20.7 Å². The van der Waals surface area contributed by atoms with Crippen molar-refractivity contribution in [1.29, 1.82) is 0 Å². The lowest BCUT2D eigenvalue weighted by Crippen LogP contribution is -2.24.